The fourth-order valence-electron chi connectivity index (χ4n) is 2.11. The summed E-state index contributed by atoms with van der Waals surface area (Å²) in [5.74, 6) is 1.09. The van der Waals surface area contributed by atoms with Crippen LogP contribution in [0.5, 0.6) is 0 Å². The predicted octanol–water partition coefficient (Wildman–Crippen LogP) is 1.78. The van der Waals surface area contributed by atoms with Crippen molar-refractivity contribution in [1.29, 1.82) is 0 Å². The summed E-state index contributed by atoms with van der Waals surface area (Å²) in [5.41, 5.74) is 0.0403. The Hall–Kier alpha value is -0.900. The van der Waals surface area contributed by atoms with Crippen molar-refractivity contribution in [1.82, 2.24) is 10.1 Å². The molecule has 0 spiro atoms. The average Bonchev–Trinajstić information content (AvgIpc) is 2.67. The van der Waals surface area contributed by atoms with E-state index in [9.17, 15) is 0 Å². The molecule has 2 rings (SSSR count). The number of nitrogens with zero attached hydrogens (tertiary/aromatic N) is 2. The van der Waals surface area contributed by atoms with E-state index in [1.54, 1.807) is 0 Å². The molecule has 0 atom stereocenters. The molecule has 78 valence electrons. The number of hydrogen-bond donors (Lipinski definition) is 1. The summed E-state index contributed by atoms with van der Waals surface area (Å²) in [6, 6.07) is 0. The van der Waals surface area contributed by atoms with Crippen LogP contribution in [0, 0.1) is 0 Å². The van der Waals surface area contributed by atoms with E-state index in [-0.39, 0.29) is 12.0 Å². The van der Waals surface area contributed by atoms with E-state index in [0.717, 1.165) is 12.8 Å². The van der Waals surface area contributed by atoms with E-state index >= 15 is 0 Å². The molecule has 0 aromatic carbocycles. The lowest BCUT2D eigenvalue weighted by molar-refractivity contribution is 0.228. The zero-order valence-electron chi connectivity index (χ0n) is 8.49. The summed E-state index contributed by atoms with van der Waals surface area (Å²) in [6.07, 6.45) is 5.98. The van der Waals surface area contributed by atoms with Crippen LogP contribution in [0.4, 0.5) is 0 Å². The van der Waals surface area contributed by atoms with Crippen molar-refractivity contribution < 1.29 is 9.63 Å². The van der Waals surface area contributed by atoms with Gasteiger partial charge in [0.05, 0.1) is 0 Å². The maximum atomic E-state index is 8.85. The fraction of sp³-hybridized carbons (Fsp3) is 0.800. The Kier molecular flexibility index (Phi) is 2.54. The molecule has 1 aliphatic carbocycles. The average molecular weight is 196 g/mol. The van der Waals surface area contributed by atoms with E-state index < -0.39 is 0 Å². The van der Waals surface area contributed by atoms with Gasteiger partial charge in [-0.1, -0.05) is 31.3 Å². The molecule has 0 saturated heterocycles. The largest absolute Gasteiger partial charge is 0.388 e. The Balaban J connectivity index is 2.19. The van der Waals surface area contributed by atoms with Gasteiger partial charge in [0.2, 0.25) is 5.89 Å². The third-order valence-electron chi connectivity index (χ3n) is 3.08. The molecule has 4 heteroatoms. The van der Waals surface area contributed by atoms with E-state index in [4.69, 9.17) is 9.63 Å². The molecular weight excluding hydrogens is 180 g/mol. The minimum atomic E-state index is -0.139. The molecule has 0 radical (unpaired) electrons. The molecule has 1 aromatic heterocycles. The Bertz CT molecular complexity index is 303. The van der Waals surface area contributed by atoms with Crippen molar-refractivity contribution in [2.75, 3.05) is 0 Å². The lowest BCUT2D eigenvalue weighted by Crippen LogP contribution is -2.25. The van der Waals surface area contributed by atoms with Gasteiger partial charge in [-0.25, -0.2) is 0 Å². The lowest BCUT2D eigenvalue weighted by atomic mass is 9.76. The molecule has 1 N–H and O–H groups in total. The molecule has 1 saturated carbocycles. The first kappa shape index (κ1) is 9.65. The number of rotatable bonds is 2. The fourth-order valence-corrected chi connectivity index (χ4v) is 2.11. The van der Waals surface area contributed by atoms with Gasteiger partial charge in [-0.05, 0) is 12.8 Å². The van der Waals surface area contributed by atoms with Gasteiger partial charge >= 0.3 is 0 Å². The monoisotopic (exact) mass is 196 g/mol. The van der Waals surface area contributed by atoms with Crippen LogP contribution in [0.25, 0.3) is 0 Å². The number of aromatic nitrogens is 2. The summed E-state index contributed by atoms with van der Waals surface area (Å²) in [5, 5.41) is 12.6. The smallest absolute Gasteiger partial charge is 0.232 e. The first-order valence-corrected chi connectivity index (χ1v) is 5.18. The quantitative estimate of drug-likeness (QED) is 0.783. The van der Waals surface area contributed by atoms with Gasteiger partial charge in [0.25, 0.3) is 0 Å². The third-order valence-corrected chi connectivity index (χ3v) is 3.08. The molecule has 1 heterocycles. The maximum absolute atomic E-state index is 8.85. The maximum Gasteiger partial charge on any atom is 0.232 e. The zero-order valence-corrected chi connectivity index (χ0v) is 8.49. The number of hydrogen-bond acceptors (Lipinski definition) is 4. The van der Waals surface area contributed by atoms with Crippen LogP contribution in [-0.4, -0.2) is 15.2 Å². The molecular formula is C10H16N2O2. The minimum absolute atomic E-state index is 0.0403. The first-order valence-electron chi connectivity index (χ1n) is 5.18. The van der Waals surface area contributed by atoms with Crippen molar-refractivity contribution in [2.45, 2.75) is 51.0 Å². The Morgan fingerprint density at radius 2 is 2.07 bits per heavy atom. The summed E-state index contributed by atoms with van der Waals surface area (Å²) in [6.45, 7) is 2.03. The van der Waals surface area contributed by atoms with Gasteiger partial charge < -0.3 is 9.63 Å². The second-order valence-electron chi connectivity index (χ2n) is 4.30. The van der Waals surface area contributed by atoms with Crippen molar-refractivity contribution in [3.63, 3.8) is 0 Å². The Morgan fingerprint density at radius 1 is 1.36 bits per heavy atom. The summed E-state index contributed by atoms with van der Waals surface area (Å²) in [4.78, 5) is 4.20. The predicted molar refractivity (Wildman–Crippen MR) is 50.7 cm³/mol. The molecule has 0 unspecified atom stereocenters. The van der Waals surface area contributed by atoms with E-state index in [1.807, 2.05) is 0 Å². The SMILES string of the molecule is CC1(c2nc(CO)no2)CCCCC1. The van der Waals surface area contributed by atoms with Crippen LogP contribution in [0.1, 0.15) is 50.7 Å². The summed E-state index contributed by atoms with van der Waals surface area (Å²) < 4.78 is 5.18. The molecule has 14 heavy (non-hydrogen) atoms. The van der Waals surface area contributed by atoms with E-state index in [2.05, 4.69) is 17.1 Å². The molecule has 0 amide bonds. The highest BCUT2D eigenvalue weighted by Crippen LogP contribution is 2.37. The van der Waals surface area contributed by atoms with E-state index in [0.29, 0.717) is 11.7 Å². The number of aliphatic hydroxyl groups is 1. The molecule has 1 fully saturated rings. The summed E-state index contributed by atoms with van der Waals surface area (Å²) >= 11 is 0. The van der Waals surface area contributed by atoms with Gasteiger partial charge in [0.1, 0.15) is 6.61 Å². The summed E-state index contributed by atoms with van der Waals surface area (Å²) in [7, 11) is 0. The third kappa shape index (κ3) is 1.66. The van der Waals surface area contributed by atoms with Gasteiger partial charge in [-0.2, -0.15) is 4.98 Å². The standard InChI is InChI=1S/C10H16N2O2/c1-10(5-3-2-4-6-10)9-11-8(7-13)12-14-9/h13H,2-7H2,1H3. The van der Waals surface area contributed by atoms with Gasteiger partial charge in [0.15, 0.2) is 5.82 Å². The van der Waals surface area contributed by atoms with E-state index in [1.165, 1.54) is 19.3 Å². The van der Waals surface area contributed by atoms with Crippen molar-refractivity contribution in [3.8, 4) is 0 Å². The van der Waals surface area contributed by atoms with Crippen LogP contribution in [-0.2, 0) is 12.0 Å². The van der Waals surface area contributed by atoms with Crippen LogP contribution in [0.2, 0.25) is 0 Å². The van der Waals surface area contributed by atoms with Crippen molar-refractivity contribution >= 4 is 0 Å². The Morgan fingerprint density at radius 3 is 2.64 bits per heavy atom. The molecule has 1 aliphatic rings. The normalized spacial score (nSPS) is 21.0. The second-order valence-corrected chi connectivity index (χ2v) is 4.30. The Labute approximate surface area is 83.3 Å². The van der Waals surface area contributed by atoms with Crippen LogP contribution < -0.4 is 0 Å². The molecule has 0 bridgehead atoms. The highest BCUT2D eigenvalue weighted by atomic mass is 16.5. The molecule has 4 nitrogen and oxygen atoms in total. The van der Waals surface area contributed by atoms with Crippen LogP contribution in [0.3, 0.4) is 0 Å². The number of aliphatic hydroxyl groups excluding tert-OH is 1. The van der Waals surface area contributed by atoms with Gasteiger partial charge in [-0.3, -0.25) is 0 Å². The van der Waals surface area contributed by atoms with Gasteiger partial charge in [-0.15, -0.1) is 0 Å². The second kappa shape index (κ2) is 3.69. The molecule has 1 aromatic rings. The topological polar surface area (TPSA) is 59.2 Å². The highest BCUT2D eigenvalue weighted by Gasteiger charge is 2.34. The van der Waals surface area contributed by atoms with Crippen molar-refractivity contribution in [2.24, 2.45) is 0 Å². The van der Waals surface area contributed by atoms with Crippen LogP contribution >= 0.6 is 0 Å². The van der Waals surface area contributed by atoms with Crippen molar-refractivity contribution in [3.05, 3.63) is 11.7 Å². The highest BCUT2D eigenvalue weighted by molar-refractivity contribution is 5.04. The van der Waals surface area contributed by atoms with Crippen LogP contribution in [0.15, 0.2) is 4.52 Å². The van der Waals surface area contributed by atoms with Gasteiger partial charge in [0, 0.05) is 5.41 Å². The molecule has 0 aliphatic heterocycles. The first-order chi connectivity index (χ1) is 6.74. The minimum Gasteiger partial charge on any atom is -0.388 e. The lowest BCUT2D eigenvalue weighted by Gasteiger charge is -2.29. The zero-order chi connectivity index (χ0) is 10.0.